The largest absolute Gasteiger partial charge is 0.394 e. The quantitative estimate of drug-likeness (QED) is 0.0420. The molecule has 2 unspecified atom stereocenters. The maximum Gasteiger partial charge on any atom is 0.220 e. The number of aliphatic hydroxyl groups is 2. The second-order valence-corrected chi connectivity index (χ2v) is 23.2. The van der Waals surface area contributed by atoms with Gasteiger partial charge in [-0.1, -0.05) is 356 Å². The normalized spacial score (nSPS) is 13.2. The number of unbranched alkanes of at least 4 members (excludes halogenated alkanes) is 44. The molecule has 0 aliphatic rings. The lowest BCUT2D eigenvalue weighted by Crippen LogP contribution is -2.45. The summed E-state index contributed by atoms with van der Waals surface area (Å²) in [6, 6.07) is -0.643. The van der Waals surface area contributed by atoms with Crippen LogP contribution >= 0.6 is 0 Å². The summed E-state index contributed by atoms with van der Waals surface area (Å²) in [5.74, 6) is -0.0691. The first kappa shape index (κ1) is 74.6. The van der Waals surface area contributed by atoms with Gasteiger partial charge in [0.25, 0.3) is 0 Å². The van der Waals surface area contributed by atoms with Gasteiger partial charge in [-0.25, -0.2) is 0 Å². The van der Waals surface area contributed by atoms with E-state index in [0.29, 0.717) is 6.42 Å². The second-order valence-electron chi connectivity index (χ2n) is 23.2. The number of hydrogen-bond acceptors (Lipinski definition) is 3. The molecular weight excluding hydrogens is 939 g/mol. The molecule has 0 aromatic carbocycles. The summed E-state index contributed by atoms with van der Waals surface area (Å²) in [6.07, 6.45) is 99.5. The molecule has 0 radical (unpaired) electrons. The lowest BCUT2D eigenvalue weighted by atomic mass is 10.0. The zero-order valence-corrected chi connectivity index (χ0v) is 51.7. The molecule has 0 aromatic heterocycles. The fourth-order valence-corrected chi connectivity index (χ4v) is 10.5. The van der Waals surface area contributed by atoms with Gasteiger partial charge in [0.15, 0.2) is 0 Å². The highest BCUT2D eigenvalue weighted by atomic mass is 16.3. The van der Waals surface area contributed by atoms with Gasteiger partial charge in [-0.2, -0.15) is 0 Å². The highest BCUT2D eigenvalue weighted by Crippen LogP contribution is 2.18. The van der Waals surface area contributed by atoms with E-state index in [1.807, 2.05) is 6.08 Å². The Morgan fingerprint density at radius 2 is 0.584 bits per heavy atom. The number of carbonyl (C=O) groups is 1. The van der Waals surface area contributed by atoms with E-state index >= 15 is 0 Å². The smallest absolute Gasteiger partial charge is 0.220 e. The minimum Gasteiger partial charge on any atom is -0.394 e. The van der Waals surface area contributed by atoms with Crippen LogP contribution in [0.2, 0.25) is 0 Å². The molecule has 0 aromatic rings. The Morgan fingerprint density at radius 3 is 0.909 bits per heavy atom. The fourth-order valence-electron chi connectivity index (χ4n) is 10.5. The van der Waals surface area contributed by atoms with E-state index in [-0.39, 0.29) is 12.5 Å². The fraction of sp³-hybridized carbons (Fsp3) is 0.795. The molecule has 2 atom stereocenters. The predicted octanol–water partition coefficient (Wildman–Crippen LogP) is 23.4. The van der Waals surface area contributed by atoms with Gasteiger partial charge in [0, 0.05) is 6.42 Å². The van der Waals surface area contributed by atoms with Crippen LogP contribution < -0.4 is 5.32 Å². The third kappa shape index (κ3) is 64.3. The maximum atomic E-state index is 12.5. The molecule has 0 saturated carbocycles. The van der Waals surface area contributed by atoms with Gasteiger partial charge in [-0.15, -0.1) is 0 Å². The second kappa shape index (κ2) is 67.8. The van der Waals surface area contributed by atoms with E-state index in [9.17, 15) is 15.0 Å². The summed E-state index contributed by atoms with van der Waals surface area (Å²) in [6.45, 7) is 4.22. The van der Waals surface area contributed by atoms with Crippen LogP contribution in [0.5, 0.6) is 0 Å². The molecule has 0 saturated heterocycles. The van der Waals surface area contributed by atoms with E-state index in [1.165, 1.54) is 270 Å². The maximum absolute atomic E-state index is 12.5. The topological polar surface area (TPSA) is 69.6 Å². The van der Waals surface area contributed by atoms with E-state index in [4.69, 9.17) is 0 Å². The van der Waals surface area contributed by atoms with Crippen molar-refractivity contribution >= 4 is 5.91 Å². The van der Waals surface area contributed by atoms with Crippen molar-refractivity contribution in [1.29, 1.82) is 0 Å². The summed E-state index contributed by atoms with van der Waals surface area (Å²) < 4.78 is 0. The van der Waals surface area contributed by atoms with E-state index < -0.39 is 12.1 Å². The molecule has 0 bridgehead atoms. The van der Waals surface area contributed by atoms with Crippen LogP contribution in [0.25, 0.3) is 0 Å². The Balaban J connectivity index is 3.47. The van der Waals surface area contributed by atoms with Crippen molar-refractivity contribution in [3.8, 4) is 0 Å². The van der Waals surface area contributed by atoms with Crippen LogP contribution in [0.3, 0.4) is 0 Å². The number of carbonyl (C=O) groups excluding carboxylic acids is 1. The van der Waals surface area contributed by atoms with Gasteiger partial charge in [0.05, 0.1) is 18.8 Å². The van der Waals surface area contributed by atoms with Gasteiger partial charge in [0.1, 0.15) is 0 Å². The average Bonchev–Trinajstić information content (AvgIpc) is 3.43. The molecular formula is C73H133NO3. The molecule has 0 fully saturated rings. The first-order chi connectivity index (χ1) is 38.2. The Hall–Kier alpha value is -2.43. The SMILES string of the molecule is CC/C=C\C/C=C\C/C=C\C/C=C\C/C=C\CCCCCCCCCCCCCCCCCCCCCCCC(=O)NC(CO)C(O)/C=C/CC/C=C/CCCCCCCCCCCCCCCCCCCCCCCC. The van der Waals surface area contributed by atoms with Crippen molar-refractivity contribution in [1.82, 2.24) is 5.32 Å². The number of amides is 1. The highest BCUT2D eigenvalue weighted by Gasteiger charge is 2.18. The van der Waals surface area contributed by atoms with Gasteiger partial charge in [0.2, 0.25) is 5.91 Å². The van der Waals surface area contributed by atoms with Gasteiger partial charge in [-0.05, 0) is 77.0 Å². The summed E-state index contributed by atoms with van der Waals surface area (Å²) in [7, 11) is 0. The predicted molar refractivity (Wildman–Crippen MR) is 345 cm³/mol. The number of hydrogen-bond donors (Lipinski definition) is 3. The van der Waals surface area contributed by atoms with Crippen molar-refractivity contribution in [2.75, 3.05) is 6.61 Å². The van der Waals surface area contributed by atoms with E-state index in [1.54, 1.807) is 6.08 Å². The van der Waals surface area contributed by atoms with Crippen molar-refractivity contribution in [3.63, 3.8) is 0 Å². The molecule has 77 heavy (non-hydrogen) atoms. The number of rotatable bonds is 63. The van der Waals surface area contributed by atoms with E-state index in [0.717, 1.165) is 64.2 Å². The van der Waals surface area contributed by atoms with Crippen molar-refractivity contribution in [2.45, 2.75) is 366 Å². The minimum atomic E-state index is -0.866. The molecule has 0 aliphatic heterocycles. The average molecular weight is 1070 g/mol. The molecule has 0 heterocycles. The Bertz CT molecular complexity index is 1360. The zero-order chi connectivity index (χ0) is 55.5. The third-order valence-corrected chi connectivity index (χ3v) is 15.6. The number of aliphatic hydroxyl groups excluding tert-OH is 2. The lowest BCUT2D eigenvalue weighted by molar-refractivity contribution is -0.123. The first-order valence-corrected chi connectivity index (χ1v) is 34.3. The standard InChI is InChI=1S/C73H133NO3/c1-3-5-7-9-11-13-15-17-19-21-23-25-27-29-31-33-34-35-36-37-38-39-40-41-43-45-47-49-51-53-55-57-59-61-63-65-67-69-73(77)74-71(70-75)72(76)68-66-64-62-60-58-56-54-52-50-48-46-44-42-32-30-28-26-24-22-20-18-16-14-12-10-8-6-4-2/h5,7,11,13,17,19,23,25,29,31,58,60,66,68,71-72,75-76H,3-4,6,8-10,12,14-16,18,20-22,24,26-28,30,32-57,59,61-65,67,69-70H2,1-2H3,(H,74,77)/b7-5-,13-11-,19-17-,25-23-,31-29-,60-58+,68-66+. The van der Waals surface area contributed by atoms with Crippen LogP contribution in [-0.2, 0) is 4.79 Å². The first-order valence-electron chi connectivity index (χ1n) is 34.3. The number of allylic oxidation sites excluding steroid dienone is 13. The van der Waals surface area contributed by atoms with Crippen molar-refractivity contribution in [3.05, 3.63) is 85.1 Å². The Kier molecular flexibility index (Phi) is 65.7. The Morgan fingerprint density at radius 1 is 0.325 bits per heavy atom. The highest BCUT2D eigenvalue weighted by molar-refractivity contribution is 5.76. The monoisotopic (exact) mass is 1070 g/mol. The van der Waals surface area contributed by atoms with Crippen LogP contribution in [0.4, 0.5) is 0 Å². The van der Waals surface area contributed by atoms with Gasteiger partial charge < -0.3 is 15.5 Å². The summed E-state index contributed by atoms with van der Waals surface area (Å²) in [5, 5.41) is 23.3. The zero-order valence-electron chi connectivity index (χ0n) is 51.7. The van der Waals surface area contributed by atoms with Crippen LogP contribution in [0, 0.1) is 0 Å². The summed E-state index contributed by atoms with van der Waals surface area (Å²) in [4.78, 5) is 12.5. The molecule has 3 N–H and O–H groups in total. The minimum absolute atomic E-state index is 0.0691. The lowest BCUT2D eigenvalue weighted by Gasteiger charge is -2.19. The van der Waals surface area contributed by atoms with Crippen LogP contribution in [0.15, 0.2) is 85.1 Å². The Labute approximate surface area is 481 Å². The van der Waals surface area contributed by atoms with Crippen molar-refractivity contribution < 1.29 is 15.0 Å². The summed E-state index contributed by atoms with van der Waals surface area (Å²) in [5.41, 5.74) is 0. The number of nitrogens with one attached hydrogen (secondary N) is 1. The van der Waals surface area contributed by atoms with Crippen LogP contribution in [0.1, 0.15) is 354 Å². The van der Waals surface area contributed by atoms with Gasteiger partial charge in [-0.3, -0.25) is 4.79 Å². The summed E-state index contributed by atoms with van der Waals surface area (Å²) >= 11 is 0. The molecule has 448 valence electrons. The van der Waals surface area contributed by atoms with E-state index in [2.05, 4.69) is 92.1 Å². The van der Waals surface area contributed by atoms with Gasteiger partial charge >= 0.3 is 0 Å². The molecule has 1 amide bonds. The van der Waals surface area contributed by atoms with Crippen molar-refractivity contribution in [2.24, 2.45) is 0 Å². The third-order valence-electron chi connectivity index (χ3n) is 15.6. The molecule has 0 spiro atoms. The molecule has 0 aliphatic carbocycles. The van der Waals surface area contributed by atoms with Crippen LogP contribution in [-0.4, -0.2) is 34.9 Å². The molecule has 0 rings (SSSR count). The molecule has 4 heteroatoms. The molecule has 4 nitrogen and oxygen atoms in total.